The summed E-state index contributed by atoms with van der Waals surface area (Å²) in [4.78, 5) is 42.5. The summed E-state index contributed by atoms with van der Waals surface area (Å²) in [6.07, 6.45) is 0. The molecule has 182 valence electrons. The third-order valence-corrected chi connectivity index (χ3v) is 7.10. The van der Waals surface area contributed by atoms with Gasteiger partial charge in [-0.2, -0.15) is 0 Å². The molecular formula is C27H30N4O3S. The van der Waals surface area contributed by atoms with Crippen molar-refractivity contribution in [3.63, 3.8) is 0 Å². The number of hydrogen-bond acceptors (Lipinski definition) is 5. The average Bonchev–Trinajstić information content (AvgIpc) is 3.41. The molecule has 0 atom stereocenters. The first-order valence-corrected chi connectivity index (χ1v) is 12.5. The lowest BCUT2D eigenvalue weighted by molar-refractivity contribution is -0.138. The molecule has 1 aliphatic rings. The van der Waals surface area contributed by atoms with Gasteiger partial charge in [-0.05, 0) is 55.1 Å². The van der Waals surface area contributed by atoms with E-state index in [0.717, 1.165) is 5.56 Å². The summed E-state index contributed by atoms with van der Waals surface area (Å²) >= 11 is 1.38. The number of thiophene rings is 1. The molecule has 0 bridgehead atoms. The minimum absolute atomic E-state index is 0.107. The third kappa shape index (κ3) is 6.15. The second-order valence-corrected chi connectivity index (χ2v) is 10.1. The summed E-state index contributed by atoms with van der Waals surface area (Å²) in [6.45, 7) is 6.69. The molecule has 3 amide bonds. The molecule has 0 spiro atoms. The molecule has 3 aromatic rings. The summed E-state index contributed by atoms with van der Waals surface area (Å²) in [5.41, 5.74) is 1.75. The molecule has 0 unspecified atom stereocenters. The van der Waals surface area contributed by atoms with Crippen LogP contribution in [0.1, 0.15) is 29.1 Å². The molecule has 0 saturated carbocycles. The SMILES string of the molecule is CC(C)(C(=O)N1CCN(CC(=O)Nc2ccc(NC(=O)c3cccs3)cc2)CC1)c1ccccc1. The van der Waals surface area contributed by atoms with Crippen molar-refractivity contribution in [2.24, 2.45) is 0 Å². The molecule has 2 heterocycles. The summed E-state index contributed by atoms with van der Waals surface area (Å²) in [5, 5.41) is 7.61. The first-order valence-electron chi connectivity index (χ1n) is 11.6. The summed E-state index contributed by atoms with van der Waals surface area (Å²) in [6, 6.07) is 20.5. The van der Waals surface area contributed by atoms with Gasteiger partial charge in [0, 0.05) is 37.6 Å². The van der Waals surface area contributed by atoms with Gasteiger partial charge in [0.25, 0.3) is 5.91 Å². The Kier molecular flexibility index (Phi) is 7.63. The number of nitrogens with one attached hydrogen (secondary N) is 2. The van der Waals surface area contributed by atoms with Crippen LogP contribution in [0.25, 0.3) is 0 Å². The predicted octanol–water partition coefficient (Wildman–Crippen LogP) is 4.06. The van der Waals surface area contributed by atoms with E-state index in [4.69, 9.17) is 0 Å². The Morgan fingerprint density at radius 1 is 0.829 bits per heavy atom. The first-order chi connectivity index (χ1) is 16.8. The van der Waals surface area contributed by atoms with Crippen LogP contribution in [0.2, 0.25) is 0 Å². The fourth-order valence-electron chi connectivity index (χ4n) is 4.12. The predicted molar refractivity (Wildman–Crippen MR) is 140 cm³/mol. The highest BCUT2D eigenvalue weighted by Gasteiger charge is 2.35. The Labute approximate surface area is 209 Å². The van der Waals surface area contributed by atoms with Crippen LogP contribution in [0.3, 0.4) is 0 Å². The molecule has 8 heteroatoms. The van der Waals surface area contributed by atoms with Crippen LogP contribution in [-0.2, 0) is 15.0 Å². The lowest BCUT2D eigenvalue weighted by atomic mass is 9.83. The minimum atomic E-state index is -0.587. The van der Waals surface area contributed by atoms with Crippen LogP contribution in [-0.4, -0.2) is 60.2 Å². The third-order valence-electron chi connectivity index (χ3n) is 6.23. The van der Waals surface area contributed by atoms with Crippen LogP contribution in [0.4, 0.5) is 11.4 Å². The number of carbonyl (C=O) groups is 3. The number of benzene rings is 2. The lowest BCUT2D eigenvalue weighted by Gasteiger charge is -2.38. The minimum Gasteiger partial charge on any atom is -0.339 e. The van der Waals surface area contributed by atoms with Crippen molar-refractivity contribution in [1.29, 1.82) is 0 Å². The zero-order chi connectivity index (χ0) is 24.8. The van der Waals surface area contributed by atoms with Gasteiger partial charge in [-0.3, -0.25) is 19.3 Å². The molecule has 2 N–H and O–H groups in total. The van der Waals surface area contributed by atoms with E-state index in [1.807, 2.05) is 60.5 Å². The van der Waals surface area contributed by atoms with Crippen molar-refractivity contribution >= 4 is 40.4 Å². The lowest BCUT2D eigenvalue weighted by Crippen LogP contribution is -2.54. The van der Waals surface area contributed by atoms with Crippen molar-refractivity contribution in [2.75, 3.05) is 43.4 Å². The monoisotopic (exact) mass is 490 g/mol. The van der Waals surface area contributed by atoms with Gasteiger partial charge in [0.1, 0.15) is 0 Å². The van der Waals surface area contributed by atoms with Crippen LogP contribution in [0.5, 0.6) is 0 Å². The zero-order valence-electron chi connectivity index (χ0n) is 20.0. The maximum Gasteiger partial charge on any atom is 0.265 e. The van der Waals surface area contributed by atoms with Gasteiger partial charge < -0.3 is 15.5 Å². The number of rotatable bonds is 7. The molecule has 35 heavy (non-hydrogen) atoms. The van der Waals surface area contributed by atoms with Gasteiger partial charge in [0.05, 0.1) is 16.8 Å². The molecule has 2 aromatic carbocycles. The number of carbonyl (C=O) groups excluding carboxylic acids is 3. The van der Waals surface area contributed by atoms with Gasteiger partial charge in [0.2, 0.25) is 11.8 Å². The molecule has 1 aromatic heterocycles. The van der Waals surface area contributed by atoms with E-state index in [-0.39, 0.29) is 24.3 Å². The van der Waals surface area contributed by atoms with E-state index in [1.165, 1.54) is 11.3 Å². The zero-order valence-corrected chi connectivity index (χ0v) is 20.8. The van der Waals surface area contributed by atoms with Crippen LogP contribution < -0.4 is 10.6 Å². The topological polar surface area (TPSA) is 81.8 Å². The highest BCUT2D eigenvalue weighted by atomic mass is 32.1. The van der Waals surface area contributed by atoms with E-state index in [0.29, 0.717) is 42.4 Å². The number of amides is 3. The average molecular weight is 491 g/mol. The summed E-state index contributed by atoms with van der Waals surface area (Å²) in [5.74, 6) is -0.148. The van der Waals surface area contributed by atoms with E-state index >= 15 is 0 Å². The molecule has 0 radical (unpaired) electrons. The Bertz CT molecular complexity index is 1150. The van der Waals surface area contributed by atoms with E-state index < -0.39 is 5.41 Å². The van der Waals surface area contributed by atoms with Crippen molar-refractivity contribution < 1.29 is 14.4 Å². The molecule has 4 rings (SSSR count). The number of nitrogens with zero attached hydrogens (tertiary/aromatic N) is 2. The smallest absolute Gasteiger partial charge is 0.265 e. The van der Waals surface area contributed by atoms with Gasteiger partial charge in [-0.25, -0.2) is 0 Å². The normalized spacial score (nSPS) is 14.4. The summed E-state index contributed by atoms with van der Waals surface area (Å²) in [7, 11) is 0. The fraction of sp³-hybridized carbons (Fsp3) is 0.296. The van der Waals surface area contributed by atoms with Crippen LogP contribution in [0, 0.1) is 0 Å². The maximum atomic E-state index is 13.2. The van der Waals surface area contributed by atoms with E-state index in [1.54, 1.807) is 30.3 Å². The maximum absolute atomic E-state index is 13.2. The van der Waals surface area contributed by atoms with Crippen LogP contribution in [0.15, 0.2) is 72.1 Å². The van der Waals surface area contributed by atoms with Gasteiger partial charge in [-0.1, -0.05) is 36.4 Å². The molecule has 1 aliphatic heterocycles. The van der Waals surface area contributed by atoms with Gasteiger partial charge in [0.15, 0.2) is 0 Å². The molecule has 1 fully saturated rings. The van der Waals surface area contributed by atoms with Crippen molar-refractivity contribution in [3.05, 3.63) is 82.6 Å². The Balaban J connectivity index is 1.23. The van der Waals surface area contributed by atoms with Crippen molar-refractivity contribution in [3.8, 4) is 0 Å². The number of piperazine rings is 1. The number of anilines is 2. The van der Waals surface area contributed by atoms with Crippen molar-refractivity contribution in [1.82, 2.24) is 9.80 Å². The van der Waals surface area contributed by atoms with E-state index in [9.17, 15) is 14.4 Å². The molecule has 7 nitrogen and oxygen atoms in total. The largest absolute Gasteiger partial charge is 0.339 e. The van der Waals surface area contributed by atoms with E-state index in [2.05, 4.69) is 15.5 Å². The number of hydrogen-bond donors (Lipinski definition) is 2. The second-order valence-electron chi connectivity index (χ2n) is 9.12. The standard InChI is InChI=1S/C27H30N4O3S/c1-27(2,20-7-4-3-5-8-20)26(34)31-16-14-30(15-17-31)19-24(32)28-21-10-12-22(13-11-21)29-25(33)23-9-6-18-35-23/h3-13,18H,14-17,19H2,1-2H3,(H,28,32)(H,29,33). The second kappa shape index (κ2) is 10.8. The molecule has 0 aliphatic carbocycles. The first kappa shape index (κ1) is 24.6. The molecular weight excluding hydrogens is 460 g/mol. The quantitative estimate of drug-likeness (QED) is 0.523. The van der Waals surface area contributed by atoms with Crippen molar-refractivity contribution in [2.45, 2.75) is 19.3 Å². The van der Waals surface area contributed by atoms with Gasteiger partial charge in [-0.15, -0.1) is 11.3 Å². The fourth-order valence-corrected chi connectivity index (χ4v) is 4.74. The van der Waals surface area contributed by atoms with Crippen LogP contribution >= 0.6 is 11.3 Å². The highest BCUT2D eigenvalue weighted by molar-refractivity contribution is 7.12. The Morgan fingerprint density at radius 3 is 2.06 bits per heavy atom. The summed E-state index contributed by atoms with van der Waals surface area (Å²) < 4.78 is 0. The van der Waals surface area contributed by atoms with Gasteiger partial charge >= 0.3 is 0 Å². The Hall–Kier alpha value is -3.49. The molecule has 1 saturated heterocycles. The highest BCUT2D eigenvalue weighted by Crippen LogP contribution is 2.26. The Morgan fingerprint density at radius 2 is 1.46 bits per heavy atom.